The summed E-state index contributed by atoms with van der Waals surface area (Å²) in [5.74, 6) is 1.56. The Morgan fingerprint density at radius 3 is 2.65 bits per heavy atom. The summed E-state index contributed by atoms with van der Waals surface area (Å²) in [5.41, 5.74) is 2.06. The van der Waals surface area contributed by atoms with E-state index < -0.39 is 0 Å². The van der Waals surface area contributed by atoms with Crippen molar-refractivity contribution in [1.82, 2.24) is 20.3 Å². The van der Waals surface area contributed by atoms with Gasteiger partial charge in [-0.2, -0.15) is 0 Å². The third kappa shape index (κ3) is 4.54. The Morgan fingerprint density at radius 1 is 1.15 bits per heavy atom. The highest BCUT2D eigenvalue weighted by Crippen LogP contribution is 2.19. The van der Waals surface area contributed by atoms with Crippen LogP contribution in [-0.4, -0.2) is 28.0 Å². The van der Waals surface area contributed by atoms with Gasteiger partial charge in [-0.05, 0) is 42.8 Å². The standard InChI is InChI=1S/C19H19N5O2/c1-13-22-17(19(25)21-12-14-4-3-9-20-11-14)10-18(23-13)24-15-5-7-16(26-2)8-6-15/h3-11H,12H2,1-2H3,(H,21,25)(H,22,23,24). The van der Waals surface area contributed by atoms with Crippen LogP contribution in [0.1, 0.15) is 21.9 Å². The van der Waals surface area contributed by atoms with Crippen molar-refractivity contribution in [2.75, 3.05) is 12.4 Å². The van der Waals surface area contributed by atoms with Gasteiger partial charge in [0.1, 0.15) is 23.1 Å². The maximum atomic E-state index is 12.4. The van der Waals surface area contributed by atoms with E-state index in [0.29, 0.717) is 23.9 Å². The van der Waals surface area contributed by atoms with Gasteiger partial charge in [0.15, 0.2) is 0 Å². The van der Waals surface area contributed by atoms with Crippen LogP contribution in [0, 0.1) is 6.92 Å². The van der Waals surface area contributed by atoms with E-state index in [1.54, 1.807) is 32.5 Å². The van der Waals surface area contributed by atoms with Gasteiger partial charge in [0.25, 0.3) is 5.91 Å². The fraction of sp³-hybridized carbons (Fsp3) is 0.158. The molecule has 1 aromatic carbocycles. The molecule has 0 saturated carbocycles. The van der Waals surface area contributed by atoms with Crippen LogP contribution in [0.2, 0.25) is 0 Å². The van der Waals surface area contributed by atoms with E-state index in [0.717, 1.165) is 17.0 Å². The van der Waals surface area contributed by atoms with Crippen LogP contribution in [-0.2, 0) is 6.54 Å². The van der Waals surface area contributed by atoms with Crippen LogP contribution in [0.4, 0.5) is 11.5 Å². The summed E-state index contributed by atoms with van der Waals surface area (Å²) in [6.07, 6.45) is 3.40. The predicted molar refractivity (Wildman–Crippen MR) is 98.5 cm³/mol. The van der Waals surface area contributed by atoms with Gasteiger partial charge in [0.05, 0.1) is 7.11 Å². The summed E-state index contributed by atoms with van der Waals surface area (Å²) in [6, 6.07) is 12.8. The monoisotopic (exact) mass is 349 g/mol. The Hall–Kier alpha value is -3.48. The summed E-state index contributed by atoms with van der Waals surface area (Å²) >= 11 is 0. The average molecular weight is 349 g/mol. The molecule has 2 heterocycles. The fourth-order valence-corrected chi connectivity index (χ4v) is 2.35. The van der Waals surface area contributed by atoms with E-state index in [-0.39, 0.29) is 5.91 Å². The van der Waals surface area contributed by atoms with Crippen molar-refractivity contribution in [2.24, 2.45) is 0 Å². The van der Waals surface area contributed by atoms with Crippen molar-refractivity contribution >= 4 is 17.4 Å². The SMILES string of the molecule is COc1ccc(Nc2cc(C(=O)NCc3cccnc3)nc(C)n2)cc1. The smallest absolute Gasteiger partial charge is 0.270 e. The third-order valence-electron chi connectivity index (χ3n) is 3.61. The number of benzene rings is 1. The zero-order chi connectivity index (χ0) is 18.4. The number of nitrogens with one attached hydrogen (secondary N) is 2. The maximum Gasteiger partial charge on any atom is 0.270 e. The normalized spacial score (nSPS) is 10.2. The van der Waals surface area contributed by atoms with E-state index in [1.165, 1.54) is 0 Å². The molecule has 0 unspecified atom stereocenters. The Morgan fingerprint density at radius 2 is 1.96 bits per heavy atom. The number of ether oxygens (including phenoxy) is 1. The number of nitrogens with zero attached hydrogens (tertiary/aromatic N) is 3. The van der Waals surface area contributed by atoms with Crippen molar-refractivity contribution < 1.29 is 9.53 Å². The zero-order valence-electron chi connectivity index (χ0n) is 14.6. The second kappa shape index (κ2) is 8.06. The molecule has 0 saturated heterocycles. The van der Waals surface area contributed by atoms with Gasteiger partial charge in [-0.3, -0.25) is 9.78 Å². The van der Waals surface area contributed by atoms with Gasteiger partial charge in [0.2, 0.25) is 0 Å². The number of methoxy groups -OCH3 is 1. The molecule has 132 valence electrons. The molecule has 0 aliphatic carbocycles. The van der Waals surface area contributed by atoms with Crippen LogP contribution in [0.25, 0.3) is 0 Å². The first kappa shape index (κ1) is 17.3. The molecule has 0 aliphatic rings. The Bertz CT molecular complexity index is 882. The first-order valence-electron chi connectivity index (χ1n) is 8.08. The minimum Gasteiger partial charge on any atom is -0.497 e. The topological polar surface area (TPSA) is 89.0 Å². The molecule has 1 amide bonds. The van der Waals surface area contributed by atoms with Crippen molar-refractivity contribution in [1.29, 1.82) is 0 Å². The van der Waals surface area contributed by atoms with Crippen molar-refractivity contribution in [3.63, 3.8) is 0 Å². The molecule has 7 heteroatoms. The number of carbonyl (C=O) groups excluding carboxylic acids is 1. The van der Waals surface area contributed by atoms with E-state index in [4.69, 9.17) is 4.74 Å². The summed E-state index contributed by atoms with van der Waals surface area (Å²) in [7, 11) is 1.62. The molecular formula is C19H19N5O2. The molecule has 26 heavy (non-hydrogen) atoms. The lowest BCUT2D eigenvalue weighted by Crippen LogP contribution is -2.24. The molecule has 3 rings (SSSR count). The number of amides is 1. The Kier molecular flexibility index (Phi) is 5.38. The van der Waals surface area contributed by atoms with Gasteiger partial charge in [-0.15, -0.1) is 0 Å². The lowest BCUT2D eigenvalue weighted by molar-refractivity contribution is 0.0945. The van der Waals surface area contributed by atoms with Crippen LogP contribution in [0.3, 0.4) is 0 Å². The van der Waals surface area contributed by atoms with Crippen molar-refractivity contribution in [3.8, 4) is 5.75 Å². The van der Waals surface area contributed by atoms with Gasteiger partial charge in [-0.25, -0.2) is 9.97 Å². The molecule has 2 aromatic heterocycles. The number of pyridine rings is 1. The van der Waals surface area contributed by atoms with Crippen LogP contribution >= 0.6 is 0 Å². The average Bonchev–Trinajstić information content (AvgIpc) is 2.67. The van der Waals surface area contributed by atoms with Crippen molar-refractivity contribution in [3.05, 3.63) is 71.9 Å². The van der Waals surface area contributed by atoms with Crippen molar-refractivity contribution in [2.45, 2.75) is 13.5 Å². The number of hydrogen-bond donors (Lipinski definition) is 2. The van der Waals surface area contributed by atoms with E-state index >= 15 is 0 Å². The second-order valence-corrected chi connectivity index (χ2v) is 5.58. The van der Waals surface area contributed by atoms with Gasteiger partial charge >= 0.3 is 0 Å². The molecular weight excluding hydrogens is 330 g/mol. The third-order valence-corrected chi connectivity index (χ3v) is 3.61. The van der Waals surface area contributed by atoms with E-state index in [2.05, 4.69) is 25.6 Å². The van der Waals surface area contributed by atoms with Crippen LogP contribution in [0.15, 0.2) is 54.9 Å². The van der Waals surface area contributed by atoms with E-state index in [9.17, 15) is 4.79 Å². The first-order valence-corrected chi connectivity index (χ1v) is 8.08. The molecule has 0 aliphatic heterocycles. The molecule has 0 radical (unpaired) electrons. The highest BCUT2D eigenvalue weighted by atomic mass is 16.5. The number of aromatic nitrogens is 3. The number of anilines is 2. The number of rotatable bonds is 6. The number of carbonyl (C=O) groups is 1. The molecule has 3 aromatic rings. The van der Waals surface area contributed by atoms with Gasteiger partial charge < -0.3 is 15.4 Å². The fourth-order valence-electron chi connectivity index (χ4n) is 2.35. The second-order valence-electron chi connectivity index (χ2n) is 5.58. The molecule has 0 bridgehead atoms. The summed E-state index contributed by atoms with van der Waals surface area (Å²) in [6.45, 7) is 2.13. The maximum absolute atomic E-state index is 12.4. The number of aryl methyl sites for hydroxylation is 1. The van der Waals surface area contributed by atoms with Gasteiger partial charge in [0, 0.05) is 30.7 Å². The lowest BCUT2D eigenvalue weighted by Gasteiger charge is -2.10. The van der Waals surface area contributed by atoms with Gasteiger partial charge in [-0.1, -0.05) is 6.07 Å². The molecule has 0 atom stereocenters. The molecule has 0 spiro atoms. The lowest BCUT2D eigenvalue weighted by atomic mass is 10.2. The Balaban J connectivity index is 1.70. The quantitative estimate of drug-likeness (QED) is 0.711. The summed E-state index contributed by atoms with van der Waals surface area (Å²) < 4.78 is 5.14. The Labute approximate surface area is 151 Å². The summed E-state index contributed by atoms with van der Waals surface area (Å²) in [4.78, 5) is 25.0. The number of hydrogen-bond acceptors (Lipinski definition) is 6. The highest BCUT2D eigenvalue weighted by molar-refractivity contribution is 5.93. The minimum absolute atomic E-state index is 0.267. The summed E-state index contributed by atoms with van der Waals surface area (Å²) in [5, 5.41) is 6.00. The first-order chi connectivity index (χ1) is 12.6. The molecule has 7 nitrogen and oxygen atoms in total. The minimum atomic E-state index is -0.267. The van der Waals surface area contributed by atoms with Crippen LogP contribution in [0.5, 0.6) is 5.75 Å². The zero-order valence-corrected chi connectivity index (χ0v) is 14.6. The highest BCUT2D eigenvalue weighted by Gasteiger charge is 2.11. The molecule has 2 N–H and O–H groups in total. The van der Waals surface area contributed by atoms with Crippen LogP contribution < -0.4 is 15.4 Å². The largest absolute Gasteiger partial charge is 0.497 e. The van der Waals surface area contributed by atoms with E-state index in [1.807, 2.05) is 36.4 Å². The molecule has 0 fully saturated rings. The predicted octanol–water partition coefficient (Wildman–Crippen LogP) is 2.86.